The third-order valence-electron chi connectivity index (χ3n) is 4.61. The highest BCUT2D eigenvalue weighted by atomic mass is 19.1. The first-order valence-electron chi connectivity index (χ1n) is 7.84. The van der Waals surface area contributed by atoms with E-state index in [2.05, 4.69) is 10.3 Å². The number of nitrogens with one attached hydrogen (secondary N) is 1. The standard InChI is InChI=1S/C18H17FN4O/c1-10-13(3-2-4-14(10)19)11-5-6-15-22-18(20)16(23(15)9-11)17(24)12-7-21-8-12/h2-6,9,12,21H,7-8,20H2,1H3. The smallest absolute Gasteiger partial charge is 0.189 e. The molecule has 3 N–H and O–H groups in total. The molecule has 0 saturated carbocycles. The van der Waals surface area contributed by atoms with Crippen molar-refractivity contribution in [3.63, 3.8) is 0 Å². The van der Waals surface area contributed by atoms with Gasteiger partial charge in [-0.05, 0) is 41.8 Å². The van der Waals surface area contributed by atoms with Crippen LogP contribution in [0.5, 0.6) is 0 Å². The summed E-state index contributed by atoms with van der Waals surface area (Å²) in [6.07, 6.45) is 1.81. The summed E-state index contributed by atoms with van der Waals surface area (Å²) in [6, 6.07) is 8.63. The van der Waals surface area contributed by atoms with Gasteiger partial charge in [0.1, 0.15) is 17.2 Å². The Bertz CT molecular complexity index is 959. The molecule has 6 heteroatoms. The number of rotatable bonds is 3. The van der Waals surface area contributed by atoms with E-state index in [1.807, 2.05) is 12.1 Å². The highest BCUT2D eigenvalue weighted by Crippen LogP contribution is 2.28. The Hall–Kier alpha value is -2.73. The number of nitrogens with zero attached hydrogens (tertiary/aromatic N) is 2. The molecule has 2 aromatic heterocycles. The largest absolute Gasteiger partial charge is 0.382 e. The second-order valence-electron chi connectivity index (χ2n) is 6.12. The number of hydrogen-bond acceptors (Lipinski definition) is 4. The minimum atomic E-state index is -0.255. The average molecular weight is 324 g/mol. The molecule has 0 amide bonds. The van der Waals surface area contributed by atoms with Crippen LogP contribution in [0.25, 0.3) is 16.8 Å². The molecule has 0 bridgehead atoms. The quantitative estimate of drug-likeness (QED) is 0.726. The number of carbonyl (C=O) groups excluding carboxylic acids is 1. The molecule has 0 unspecified atom stereocenters. The van der Waals surface area contributed by atoms with Crippen LogP contribution in [0.1, 0.15) is 16.1 Å². The van der Waals surface area contributed by atoms with Gasteiger partial charge in [-0.25, -0.2) is 9.37 Å². The van der Waals surface area contributed by atoms with Gasteiger partial charge in [-0.2, -0.15) is 0 Å². The fourth-order valence-electron chi connectivity index (χ4n) is 3.05. The normalized spacial score (nSPS) is 14.8. The fraction of sp³-hybridized carbons (Fsp3) is 0.222. The number of Topliss-reactive ketones (excluding diaryl/α,β-unsaturated/α-hetero) is 1. The van der Waals surface area contributed by atoms with Gasteiger partial charge in [0, 0.05) is 25.2 Å². The van der Waals surface area contributed by atoms with Gasteiger partial charge in [-0.1, -0.05) is 12.1 Å². The van der Waals surface area contributed by atoms with E-state index in [1.54, 1.807) is 29.7 Å². The van der Waals surface area contributed by atoms with Crippen LogP contribution >= 0.6 is 0 Å². The van der Waals surface area contributed by atoms with Gasteiger partial charge in [0.05, 0.1) is 0 Å². The lowest BCUT2D eigenvalue weighted by molar-refractivity contribution is 0.0873. The van der Waals surface area contributed by atoms with E-state index >= 15 is 0 Å². The van der Waals surface area contributed by atoms with E-state index in [0.717, 1.165) is 11.1 Å². The number of halogens is 1. The molecule has 0 atom stereocenters. The van der Waals surface area contributed by atoms with Crippen LogP contribution in [0.2, 0.25) is 0 Å². The highest BCUT2D eigenvalue weighted by Gasteiger charge is 2.30. The average Bonchev–Trinajstić information content (AvgIpc) is 2.83. The summed E-state index contributed by atoms with van der Waals surface area (Å²) >= 11 is 0. The predicted octanol–water partition coefficient (Wildman–Crippen LogP) is 2.43. The first-order valence-corrected chi connectivity index (χ1v) is 7.84. The summed E-state index contributed by atoms with van der Waals surface area (Å²) < 4.78 is 15.6. The maximum absolute atomic E-state index is 13.8. The first-order chi connectivity index (χ1) is 11.6. The van der Waals surface area contributed by atoms with Crippen molar-refractivity contribution in [3.05, 3.63) is 53.6 Å². The molecular weight excluding hydrogens is 307 g/mol. The van der Waals surface area contributed by atoms with Crippen LogP contribution in [0.3, 0.4) is 0 Å². The molecule has 122 valence electrons. The van der Waals surface area contributed by atoms with Crippen LogP contribution < -0.4 is 11.1 Å². The first kappa shape index (κ1) is 14.8. The number of ketones is 1. The second kappa shape index (κ2) is 5.42. The van der Waals surface area contributed by atoms with Crippen molar-refractivity contribution < 1.29 is 9.18 Å². The number of fused-ring (bicyclic) bond motifs is 1. The number of anilines is 1. The van der Waals surface area contributed by atoms with Gasteiger partial charge in [0.25, 0.3) is 0 Å². The van der Waals surface area contributed by atoms with Crippen molar-refractivity contribution >= 4 is 17.2 Å². The number of pyridine rings is 1. The van der Waals surface area contributed by atoms with Crippen LogP contribution in [-0.4, -0.2) is 28.3 Å². The molecular formula is C18H17FN4O. The Kier molecular flexibility index (Phi) is 3.35. The number of imidazole rings is 1. The van der Waals surface area contributed by atoms with Crippen LogP contribution in [0.15, 0.2) is 36.5 Å². The molecule has 1 aromatic carbocycles. The molecule has 1 saturated heterocycles. The van der Waals surface area contributed by atoms with Crippen molar-refractivity contribution in [2.75, 3.05) is 18.8 Å². The summed E-state index contributed by atoms with van der Waals surface area (Å²) in [5.74, 6) is -0.0896. The van der Waals surface area contributed by atoms with Gasteiger partial charge < -0.3 is 11.1 Å². The molecule has 1 aliphatic rings. The van der Waals surface area contributed by atoms with Crippen LogP contribution in [0, 0.1) is 18.7 Å². The Morgan fingerprint density at radius 1 is 1.33 bits per heavy atom. The minimum absolute atomic E-state index is 0.00753. The van der Waals surface area contributed by atoms with Gasteiger partial charge in [0.15, 0.2) is 11.6 Å². The molecule has 3 aromatic rings. The maximum atomic E-state index is 13.8. The zero-order valence-corrected chi connectivity index (χ0v) is 13.2. The number of nitrogens with two attached hydrogens (primary N) is 1. The third kappa shape index (κ3) is 2.18. The molecule has 5 nitrogen and oxygen atoms in total. The Morgan fingerprint density at radius 2 is 2.12 bits per heavy atom. The molecule has 3 heterocycles. The van der Waals surface area contributed by atoms with E-state index < -0.39 is 0 Å². The lowest BCUT2D eigenvalue weighted by Gasteiger charge is -2.25. The number of benzene rings is 1. The molecule has 0 radical (unpaired) electrons. The fourth-order valence-corrected chi connectivity index (χ4v) is 3.05. The van der Waals surface area contributed by atoms with E-state index in [4.69, 9.17) is 5.73 Å². The van der Waals surface area contributed by atoms with Crippen molar-refractivity contribution in [2.45, 2.75) is 6.92 Å². The maximum Gasteiger partial charge on any atom is 0.189 e. The topological polar surface area (TPSA) is 72.4 Å². The summed E-state index contributed by atoms with van der Waals surface area (Å²) in [6.45, 7) is 3.06. The van der Waals surface area contributed by atoms with E-state index in [1.165, 1.54) is 6.07 Å². The lowest BCUT2D eigenvalue weighted by Crippen LogP contribution is -2.46. The van der Waals surface area contributed by atoms with Crippen molar-refractivity contribution in [2.24, 2.45) is 5.92 Å². The Morgan fingerprint density at radius 3 is 2.83 bits per heavy atom. The van der Waals surface area contributed by atoms with Crippen molar-refractivity contribution in [1.82, 2.24) is 14.7 Å². The van der Waals surface area contributed by atoms with E-state index in [9.17, 15) is 9.18 Å². The molecule has 0 spiro atoms. The van der Waals surface area contributed by atoms with Crippen LogP contribution in [0.4, 0.5) is 10.2 Å². The van der Waals surface area contributed by atoms with Crippen LogP contribution in [-0.2, 0) is 0 Å². The number of nitrogen functional groups attached to an aromatic ring is 1. The van der Waals surface area contributed by atoms with Gasteiger partial charge in [0.2, 0.25) is 0 Å². The Balaban J connectivity index is 1.88. The zero-order valence-electron chi connectivity index (χ0n) is 13.2. The number of hydrogen-bond donors (Lipinski definition) is 2. The number of aromatic nitrogens is 2. The zero-order chi connectivity index (χ0) is 16.8. The number of carbonyl (C=O) groups is 1. The van der Waals surface area contributed by atoms with E-state index in [0.29, 0.717) is 30.0 Å². The summed E-state index contributed by atoms with van der Waals surface area (Å²) in [5.41, 5.74) is 9.17. The molecule has 0 aliphatic carbocycles. The molecule has 24 heavy (non-hydrogen) atoms. The minimum Gasteiger partial charge on any atom is -0.382 e. The van der Waals surface area contributed by atoms with E-state index in [-0.39, 0.29) is 23.3 Å². The van der Waals surface area contributed by atoms with Crippen molar-refractivity contribution in [3.8, 4) is 11.1 Å². The third-order valence-corrected chi connectivity index (χ3v) is 4.61. The SMILES string of the molecule is Cc1c(F)cccc1-c1ccc2nc(N)c(C(=O)C3CNC3)n2c1. The van der Waals surface area contributed by atoms with Gasteiger partial charge in [-0.15, -0.1) is 0 Å². The van der Waals surface area contributed by atoms with Crippen molar-refractivity contribution in [1.29, 1.82) is 0 Å². The van der Waals surface area contributed by atoms with Gasteiger partial charge in [-0.3, -0.25) is 9.20 Å². The molecule has 4 rings (SSSR count). The summed E-state index contributed by atoms with van der Waals surface area (Å²) in [4.78, 5) is 16.9. The Labute approximate surface area is 138 Å². The lowest BCUT2D eigenvalue weighted by atomic mass is 9.95. The molecule has 1 aliphatic heterocycles. The van der Waals surface area contributed by atoms with Gasteiger partial charge >= 0.3 is 0 Å². The highest BCUT2D eigenvalue weighted by molar-refractivity contribution is 6.02. The second-order valence-corrected chi connectivity index (χ2v) is 6.12. The predicted molar refractivity (Wildman–Crippen MR) is 90.4 cm³/mol. The summed E-state index contributed by atoms with van der Waals surface area (Å²) in [7, 11) is 0. The summed E-state index contributed by atoms with van der Waals surface area (Å²) in [5, 5.41) is 3.09. The monoisotopic (exact) mass is 324 g/mol. The molecule has 1 fully saturated rings.